The molecule has 0 radical (unpaired) electrons. The number of halogens is 2. The van der Waals surface area contributed by atoms with Crippen LogP contribution in [0.4, 0.5) is 0 Å². The van der Waals surface area contributed by atoms with E-state index in [1.807, 2.05) is 31.3 Å². The topological polar surface area (TPSA) is 41.8 Å². The average Bonchev–Trinajstić information content (AvgIpc) is 3.10. The molecule has 2 fully saturated rings. The maximum atomic E-state index is 10.0. The Labute approximate surface area is 150 Å². The van der Waals surface area contributed by atoms with Crippen molar-refractivity contribution in [3.05, 3.63) is 29.3 Å². The number of phenols is 1. The number of benzene rings is 1. The summed E-state index contributed by atoms with van der Waals surface area (Å²) in [6.07, 6.45) is 5.89. The summed E-state index contributed by atoms with van der Waals surface area (Å²) in [6, 6.07) is 6.03. The van der Waals surface area contributed by atoms with Crippen LogP contribution in [-0.2, 0) is 25.6 Å². The molecule has 1 aromatic rings. The Kier molecular flexibility index (Phi) is 7.40. The van der Waals surface area contributed by atoms with E-state index in [2.05, 4.69) is 0 Å². The third-order valence-electron chi connectivity index (χ3n) is 4.72. The van der Waals surface area contributed by atoms with Gasteiger partial charge in [-0.25, -0.2) is 0 Å². The van der Waals surface area contributed by atoms with E-state index in [-0.39, 0.29) is 12.1 Å². The van der Waals surface area contributed by atoms with Gasteiger partial charge in [0.2, 0.25) is 0 Å². The first-order chi connectivity index (χ1) is 10.6. The predicted octanol–water partition coefficient (Wildman–Crippen LogP) is 4.31. The Hall–Kier alpha value is 0.113. The number of nitrogens with zero attached hydrogens (tertiary/aromatic N) is 1. The van der Waals surface area contributed by atoms with Crippen molar-refractivity contribution >= 4 is 23.2 Å². The number of rotatable bonds is 3. The van der Waals surface area contributed by atoms with Gasteiger partial charge in [-0.2, -0.15) is 0 Å². The molecule has 22 heavy (non-hydrogen) atoms. The average molecular weight is 421 g/mol. The molecule has 2 aliphatic rings. The second-order valence-corrected chi connectivity index (χ2v) is 9.62. The molecule has 0 aromatic heterocycles. The van der Waals surface area contributed by atoms with Crippen LogP contribution in [0.2, 0.25) is 0 Å². The molecule has 6 heteroatoms. The molecular weight excluding hydrogens is 400 g/mol. The van der Waals surface area contributed by atoms with Crippen LogP contribution in [0.5, 0.6) is 5.75 Å². The van der Waals surface area contributed by atoms with E-state index in [1.165, 1.54) is 19.3 Å². The molecule has 4 atom stereocenters. The number of phenolic OH excluding ortho intramolecular Hbond substituents is 1. The maximum absolute atomic E-state index is 10.0. The Morgan fingerprint density at radius 1 is 1.32 bits per heavy atom. The van der Waals surface area contributed by atoms with Crippen LogP contribution in [0.15, 0.2) is 23.2 Å². The summed E-state index contributed by atoms with van der Waals surface area (Å²) in [6.45, 7) is 1.90. The second-order valence-electron chi connectivity index (χ2n) is 5.89. The van der Waals surface area contributed by atoms with Crippen LogP contribution in [0.25, 0.3) is 0 Å². The molecule has 2 bridgehead atoms. The number of fused-ring (bicyclic) bond motifs is 2. The third kappa shape index (κ3) is 4.14. The number of hydrogen-bond donors (Lipinski definition) is 1. The molecule has 0 amide bonds. The van der Waals surface area contributed by atoms with Crippen LogP contribution < -0.4 is 0 Å². The summed E-state index contributed by atoms with van der Waals surface area (Å²) in [5, 5.41) is 10.0. The fourth-order valence-electron chi connectivity index (χ4n) is 3.70. The zero-order valence-electron chi connectivity index (χ0n) is 12.8. The monoisotopic (exact) mass is 419 g/mol. The van der Waals surface area contributed by atoms with Crippen LogP contribution in [-0.4, -0.2) is 30.6 Å². The van der Waals surface area contributed by atoms with E-state index < -0.39 is 20.8 Å². The summed E-state index contributed by atoms with van der Waals surface area (Å²) in [5.41, 5.74) is 1.69. The fourth-order valence-corrected chi connectivity index (χ4v) is 3.70. The molecule has 1 aromatic carbocycles. The van der Waals surface area contributed by atoms with Crippen molar-refractivity contribution in [2.45, 2.75) is 38.3 Å². The SMILES string of the molecule is COC1C2CCC(C2)C1N=Cc1cccc(C)c1O.[Cl][Zr][Cl]. The van der Waals surface area contributed by atoms with Crippen molar-refractivity contribution in [2.75, 3.05) is 7.11 Å². The van der Waals surface area contributed by atoms with Gasteiger partial charge in [-0.1, -0.05) is 12.1 Å². The van der Waals surface area contributed by atoms with Crippen molar-refractivity contribution in [3.8, 4) is 5.75 Å². The minimum absolute atomic E-state index is 0.266. The van der Waals surface area contributed by atoms with Gasteiger partial charge in [0.25, 0.3) is 0 Å². The van der Waals surface area contributed by atoms with Gasteiger partial charge >= 0.3 is 37.9 Å². The van der Waals surface area contributed by atoms with Gasteiger partial charge in [0.15, 0.2) is 0 Å². The number of hydrogen-bond acceptors (Lipinski definition) is 3. The minimum atomic E-state index is -0.826. The normalized spacial score (nSPS) is 29.5. The van der Waals surface area contributed by atoms with Crippen LogP contribution >= 0.6 is 17.0 Å². The zero-order chi connectivity index (χ0) is 16.1. The van der Waals surface area contributed by atoms with Crippen LogP contribution in [0, 0.1) is 18.8 Å². The van der Waals surface area contributed by atoms with Gasteiger partial charge < -0.3 is 9.84 Å². The second kappa shape index (κ2) is 8.82. The first-order valence-electron chi connectivity index (χ1n) is 7.43. The standard InChI is InChI=1S/C16H21NO2.2ClH.Zr/c1-10-4-3-5-13(15(10)18)9-17-14-11-6-7-12(8-11)16(14)19-2;;;/h3-5,9,11-12,14,16,18H,6-8H2,1-2H3;2*1H;/q;;;+2/p-2. The van der Waals surface area contributed by atoms with Crippen LogP contribution in [0.3, 0.4) is 0 Å². The Morgan fingerprint density at radius 2 is 2.00 bits per heavy atom. The summed E-state index contributed by atoms with van der Waals surface area (Å²) >= 11 is -0.826. The van der Waals surface area contributed by atoms with Gasteiger partial charge in [0, 0.05) is 18.9 Å². The molecule has 3 rings (SSSR count). The van der Waals surface area contributed by atoms with E-state index in [0.29, 0.717) is 17.6 Å². The van der Waals surface area contributed by atoms with E-state index >= 15 is 0 Å². The predicted molar refractivity (Wildman–Crippen MR) is 87.6 cm³/mol. The van der Waals surface area contributed by atoms with E-state index in [0.717, 1.165) is 11.1 Å². The van der Waals surface area contributed by atoms with Crippen molar-refractivity contribution in [3.63, 3.8) is 0 Å². The van der Waals surface area contributed by atoms with Gasteiger partial charge in [-0.15, -0.1) is 0 Å². The molecule has 120 valence electrons. The number of aromatic hydroxyl groups is 1. The summed E-state index contributed by atoms with van der Waals surface area (Å²) in [4.78, 5) is 4.72. The number of aliphatic imine (C=N–C) groups is 1. The van der Waals surface area contributed by atoms with Gasteiger partial charge in [-0.05, 0) is 49.7 Å². The fraction of sp³-hybridized carbons (Fsp3) is 0.562. The zero-order valence-corrected chi connectivity index (χ0v) is 16.8. The Balaban J connectivity index is 0.000000545. The quantitative estimate of drug-likeness (QED) is 0.739. The van der Waals surface area contributed by atoms with Crippen molar-refractivity contribution in [1.82, 2.24) is 0 Å². The Bertz CT molecular complexity index is 527. The van der Waals surface area contributed by atoms with E-state index in [1.54, 1.807) is 7.11 Å². The number of methoxy groups -OCH3 is 1. The number of ether oxygens (including phenoxy) is 1. The van der Waals surface area contributed by atoms with Crippen LogP contribution in [0.1, 0.15) is 30.4 Å². The molecule has 3 nitrogen and oxygen atoms in total. The van der Waals surface area contributed by atoms with Gasteiger partial charge in [0.1, 0.15) is 5.75 Å². The molecular formula is C16H21Cl2NO2Zr. The van der Waals surface area contributed by atoms with Crippen molar-refractivity contribution in [2.24, 2.45) is 16.8 Å². The molecule has 0 spiro atoms. The summed E-state index contributed by atoms with van der Waals surface area (Å²) in [5.74, 6) is 1.68. The Morgan fingerprint density at radius 3 is 2.68 bits per heavy atom. The number of para-hydroxylation sites is 1. The first-order valence-corrected chi connectivity index (χ1v) is 13.8. The summed E-state index contributed by atoms with van der Waals surface area (Å²) in [7, 11) is 11.7. The van der Waals surface area contributed by atoms with Crippen molar-refractivity contribution < 1.29 is 30.7 Å². The molecule has 2 saturated carbocycles. The molecule has 0 aliphatic heterocycles. The molecule has 1 N–H and O–H groups in total. The molecule has 0 saturated heterocycles. The molecule has 4 unspecified atom stereocenters. The molecule has 0 heterocycles. The van der Waals surface area contributed by atoms with E-state index in [4.69, 9.17) is 26.8 Å². The van der Waals surface area contributed by atoms with Gasteiger partial charge in [-0.3, -0.25) is 4.99 Å². The number of aryl methyl sites for hydroxylation is 1. The van der Waals surface area contributed by atoms with E-state index in [9.17, 15) is 5.11 Å². The third-order valence-corrected chi connectivity index (χ3v) is 4.72. The first kappa shape index (κ1) is 18.5. The van der Waals surface area contributed by atoms with Crippen molar-refractivity contribution in [1.29, 1.82) is 0 Å². The van der Waals surface area contributed by atoms with Gasteiger partial charge in [0.05, 0.1) is 12.1 Å². The summed E-state index contributed by atoms with van der Waals surface area (Å²) < 4.78 is 5.62. The molecule has 2 aliphatic carbocycles.